The molecule has 0 aliphatic carbocycles. The van der Waals surface area contributed by atoms with Gasteiger partial charge in [0.25, 0.3) is 0 Å². The number of carbonyl (C=O) groups is 1. The maximum Gasteiger partial charge on any atom is 0.316 e. The van der Waals surface area contributed by atoms with Gasteiger partial charge in [-0.25, -0.2) is 0 Å². The fourth-order valence-electron chi connectivity index (χ4n) is 1.39. The van der Waals surface area contributed by atoms with E-state index in [-0.39, 0.29) is 30.6 Å². The van der Waals surface area contributed by atoms with Gasteiger partial charge in [-0.05, 0) is 20.3 Å². The summed E-state index contributed by atoms with van der Waals surface area (Å²) in [5.41, 5.74) is 0. The fourth-order valence-corrected chi connectivity index (χ4v) is 1.75. The highest BCUT2D eigenvalue weighted by molar-refractivity contribution is 7.80. The van der Waals surface area contributed by atoms with Gasteiger partial charge in [0.15, 0.2) is 0 Å². The minimum atomic E-state index is -0.385. The molecule has 1 rings (SSSR count). The van der Waals surface area contributed by atoms with Crippen LogP contribution < -0.4 is 5.32 Å². The van der Waals surface area contributed by atoms with Crippen molar-refractivity contribution in [3.05, 3.63) is 0 Å². The van der Waals surface area contributed by atoms with Crippen molar-refractivity contribution in [1.29, 1.82) is 0 Å². The van der Waals surface area contributed by atoms with E-state index >= 15 is 0 Å². The van der Waals surface area contributed by atoms with Crippen molar-refractivity contribution in [2.75, 3.05) is 6.61 Å². The molecule has 4 nitrogen and oxygen atoms in total. The van der Waals surface area contributed by atoms with E-state index in [2.05, 4.69) is 5.32 Å². The lowest BCUT2D eigenvalue weighted by Gasteiger charge is -2.11. The Morgan fingerprint density at radius 1 is 1.79 bits per heavy atom. The van der Waals surface area contributed by atoms with Gasteiger partial charge >= 0.3 is 5.97 Å². The summed E-state index contributed by atoms with van der Waals surface area (Å²) >= 11 is 4.99. The highest BCUT2D eigenvalue weighted by atomic mass is 32.1. The molecule has 1 aliphatic heterocycles. The topological polar surface area (TPSA) is 58.6 Å². The molecular weight excluding hydrogens is 202 g/mol. The van der Waals surface area contributed by atoms with Crippen LogP contribution in [-0.4, -0.2) is 34.8 Å². The predicted molar refractivity (Wildman–Crippen MR) is 55.9 cm³/mol. The molecule has 1 heterocycles. The second-order valence-electron chi connectivity index (χ2n) is 3.66. The summed E-state index contributed by atoms with van der Waals surface area (Å²) in [6, 6.07) is -0.104. The number of carbonyl (C=O) groups excluding carboxylic acids is 1. The average Bonchev–Trinajstić information content (AvgIpc) is 2.45. The molecule has 0 aromatic carbocycles. The summed E-state index contributed by atoms with van der Waals surface area (Å²) in [4.78, 5) is 12.0. The van der Waals surface area contributed by atoms with Crippen LogP contribution in [0.2, 0.25) is 0 Å². The van der Waals surface area contributed by atoms with Crippen molar-refractivity contribution in [2.45, 2.75) is 32.4 Å². The third kappa shape index (κ3) is 2.65. The summed E-state index contributed by atoms with van der Waals surface area (Å²) in [5.74, 6) is -0.682. The van der Waals surface area contributed by atoms with Gasteiger partial charge in [-0.2, -0.15) is 0 Å². The lowest BCUT2D eigenvalue weighted by atomic mass is 10.1. The second kappa shape index (κ2) is 4.70. The highest BCUT2D eigenvalue weighted by Crippen LogP contribution is 2.18. The van der Waals surface area contributed by atoms with Crippen molar-refractivity contribution < 1.29 is 14.6 Å². The van der Waals surface area contributed by atoms with Crippen molar-refractivity contribution in [1.82, 2.24) is 5.32 Å². The van der Waals surface area contributed by atoms with Gasteiger partial charge in [0.2, 0.25) is 0 Å². The monoisotopic (exact) mass is 217 g/mol. The number of thiocarbonyl (C=S) groups is 1. The van der Waals surface area contributed by atoms with Gasteiger partial charge in [-0.15, -0.1) is 0 Å². The minimum Gasteiger partial charge on any atom is -0.462 e. The van der Waals surface area contributed by atoms with E-state index in [0.717, 1.165) is 0 Å². The molecule has 0 amide bonds. The van der Waals surface area contributed by atoms with Gasteiger partial charge in [0.1, 0.15) is 5.92 Å². The summed E-state index contributed by atoms with van der Waals surface area (Å²) in [7, 11) is 0. The van der Waals surface area contributed by atoms with E-state index in [1.165, 1.54) is 0 Å². The van der Waals surface area contributed by atoms with Crippen molar-refractivity contribution in [3.8, 4) is 0 Å². The van der Waals surface area contributed by atoms with E-state index < -0.39 is 0 Å². The molecule has 0 aromatic rings. The zero-order chi connectivity index (χ0) is 10.7. The molecule has 2 unspecified atom stereocenters. The van der Waals surface area contributed by atoms with Crippen molar-refractivity contribution in [3.63, 3.8) is 0 Å². The maximum absolute atomic E-state index is 11.5. The third-order valence-electron chi connectivity index (χ3n) is 2.04. The smallest absolute Gasteiger partial charge is 0.316 e. The van der Waals surface area contributed by atoms with Gasteiger partial charge in [-0.3, -0.25) is 4.79 Å². The molecular formula is C9H15NO3S. The van der Waals surface area contributed by atoms with Crippen LogP contribution in [0.3, 0.4) is 0 Å². The zero-order valence-electron chi connectivity index (χ0n) is 8.32. The number of esters is 1. The highest BCUT2D eigenvalue weighted by Gasteiger charge is 2.35. The molecule has 0 spiro atoms. The number of hydrogen-bond donors (Lipinski definition) is 2. The summed E-state index contributed by atoms with van der Waals surface area (Å²) in [6.07, 6.45) is 0.402. The fraction of sp³-hybridized carbons (Fsp3) is 0.778. The van der Waals surface area contributed by atoms with E-state index in [9.17, 15) is 4.79 Å². The largest absolute Gasteiger partial charge is 0.462 e. The van der Waals surface area contributed by atoms with Gasteiger partial charge in [0.05, 0.1) is 23.7 Å². The first-order valence-corrected chi connectivity index (χ1v) is 5.07. The Balaban J connectivity index is 2.52. The van der Waals surface area contributed by atoms with Crippen molar-refractivity contribution in [2.24, 2.45) is 5.92 Å². The molecule has 1 saturated heterocycles. The molecule has 0 aromatic heterocycles. The number of hydrogen-bond acceptors (Lipinski definition) is 4. The molecule has 80 valence electrons. The van der Waals surface area contributed by atoms with E-state index in [1.54, 1.807) is 13.8 Å². The average molecular weight is 217 g/mol. The van der Waals surface area contributed by atoms with Crippen LogP contribution in [0, 0.1) is 5.92 Å². The Labute approximate surface area is 88.6 Å². The SMILES string of the molecule is CC(C)OC(=O)C1CC(CO)NC1=S. The molecule has 1 fully saturated rings. The van der Waals surface area contributed by atoms with Crippen LogP contribution in [0.25, 0.3) is 0 Å². The standard InChI is InChI=1S/C9H15NO3S/c1-5(2)13-9(12)7-3-6(4-11)10-8(7)14/h5-7,11H,3-4H2,1-2H3,(H,10,14). The Bertz CT molecular complexity index is 242. The van der Waals surface area contributed by atoms with Crippen molar-refractivity contribution >= 4 is 23.2 Å². The lowest BCUT2D eigenvalue weighted by Crippen LogP contribution is -2.29. The van der Waals surface area contributed by atoms with E-state index in [0.29, 0.717) is 11.4 Å². The number of aliphatic hydroxyl groups excluding tert-OH is 1. The number of ether oxygens (including phenoxy) is 1. The quantitative estimate of drug-likeness (QED) is 0.524. The van der Waals surface area contributed by atoms with Crippen LogP contribution in [0.5, 0.6) is 0 Å². The minimum absolute atomic E-state index is 0.00833. The van der Waals surface area contributed by atoms with Crippen LogP contribution in [-0.2, 0) is 9.53 Å². The maximum atomic E-state index is 11.5. The molecule has 2 atom stereocenters. The van der Waals surface area contributed by atoms with Gasteiger partial charge < -0.3 is 15.2 Å². The normalized spacial score (nSPS) is 26.4. The molecule has 0 radical (unpaired) electrons. The third-order valence-corrected chi connectivity index (χ3v) is 2.44. The second-order valence-corrected chi connectivity index (χ2v) is 4.10. The van der Waals surface area contributed by atoms with Crippen LogP contribution in [0.15, 0.2) is 0 Å². The van der Waals surface area contributed by atoms with Crippen LogP contribution >= 0.6 is 12.2 Å². The molecule has 1 aliphatic rings. The lowest BCUT2D eigenvalue weighted by molar-refractivity contribution is -0.149. The Morgan fingerprint density at radius 3 is 2.86 bits per heavy atom. The predicted octanol–water partition coefficient (Wildman–Crippen LogP) is 0.236. The molecule has 0 bridgehead atoms. The first kappa shape index (κ1) is 11.4. The number of nitrogens with one attached hydrogen (secondary N) is 1. The number of aliphatic hydroxyl groups is 1. The summed E-state index contributed by atoms with van der Waals surface area (Å²) in [6.45, 7) is 3.59. The first-order valence-electron chi connectivity index (χ1n) is 4.66. The first-order chi connectivity index (χ1) is 6.54. The molecule has 5 heteroatoms. The molecule has 2 N–H and O–H groups in total. The Kier molecular flexibility index (Phi) is 3.83. The van der Waals surface area contributed by atoms with Gasteiger partial charge in [-0.1, -0.05) is 12.2 Å². The Hall–Kier alpha value is -0.680. The van der Waals surface area contributed by atoms with Gasteiger partial charge in [0, 0.05) is 0 Å². The van der Waals surface area contributed by atoms with Crippen LogP contribution in [0.4, 0.5) is 0 Å². The van der Waals surface area contributed by atoms with E-state index in [1.807, 2.05) is 0 Å². The van der Waals surface area contributed by atoms with Crippen LogP contribution in [0.1, 0.15) is 20.3 Å². The zero-order valence-corrected chi connectivity index (χ0v) is 9.13. The Morgan fingerprint density at radius 2 is 2.43 bits per heavy atom. The van der Waals surface area contributed by atoms with E-state index in [4.69, 9.17) is 22.1 Å². The summed E-state index contributed by atoms with van der Waals surface area (Å²) in [5, 5.41) is 11.8. The molecule has 14 heavy (non-hydrogen) atoms. The number of rotatable bonds is 3. The summed E-state index contributed by atoms with van der Waals surface area (Å²) < 4.78 is 5.05. The molecule has 0 saturated carbocycles.